The SMILES string of the molecule is C1=CN(c2ccccc2)CN1c1ccccc1.NC(=O)c1ccc2c3ccc(C(=O)O)c4c(C(=O)O)ccc(c5ccc(C(N)=O)c1c25)c43. The van der Waals surface area contributed by atoms with Crippen LogP contribution in [0, 0.1) is 0 Å². The van der Waals surface area contributed by atoms with E-state index in [4.69, 9.17) is 11.5 Å². The van der Waals surface area contributed by atoms with Crippen LogP contribution in [0.15, 0.2) is 122 Å². The Morgan fingerprint density at radius 3 is 1.10 bits per heavy atom. The van der Waals surface area contributed by atoms with E-state index in [2.05, 4.69) is 70.7 Å². The highest BCUT2D eigenvalue weighted by atomic mass is 16.4. The number of benzene rings is 7. The van der Waals surface area contributed by atoms with Gasteiger partial charge in [0.1, 0.15) is 0 Å². The van der Waals surface area contributed by atoms with Crippen molar-refractivity contribution < 1.29 is 29.4 Å². The molecule has 0 unspecified atom stereocenters. The quantitative estimate of drug-likeness (QED) is 0.113. The number of para-hydroxylation sites is 2. The van der Waals surface area contributed by atoms with Gasteiger partial charge in [0.15, 0.2) is 0 Å². The Morgan fingerprint density at radius 2 is 0.776 bits per heavy atom. The molecule has 0 atom stereocenters. The van der Waals surface area contributed by atoms with Gasteiger partial charge >= 0.3 is 11.9 Å². The Kier molecular flexibility index (Phi) is 7.53. The average molecular weight is 649 g/mol. The monoisotopic (exact) mass is 648 g/mol. The van der Waals surface area contributed by atoms with Gasteiger partial charge < -0.3 is 31.5 Å². The Morgan fingerprint density at radius 1 is 0.449 bits per heavy atom. The lowest BCUT2D eigenvalue weighted by Crippen LogP contribution is -2.24. The van der Waals surface area contributed by atoms with Crippen LogP contribution >= 0.6 is 0 Å². The van der Waals surface area contributed by atoms with Crippen LogP contribution in [-0.4, -0.2) is 40.6 Å². The number of amides is 2. The average Bonchev–Trinajstić information content (AvgIpc) is 3.61. The molecule has 0 spiro atoms. The lowest BCUT2D eigenvalue weighted by Gasteiger charge is -2.21. The summed E-state index contributed by atoms with van der Waals surface area (Å²) in [6.07, 6.45) is 4.23. The number of nitrogens with two attached hydrogens (primary N) is 2. The second-order valence-corrected chi connectivity index (χ2v) is 11.5. The summed E-state index contributed by atoms with van der Waals surface area (Å²) in [6, 6.07) is 33.0. The maximum absolute atomic E-state index is 12.1. The molecule has 10 nitrogen and oxygen atoms in total. The third-order valence-corrected chi connectivity index (χ3v) is 8.80. The van der Waals surface area contributed by atoms with Gasteiger partial charge in [0.05, 0.1) is 17.8 Å². The fraction of sp³-hybridized carbons (Fsp3) is 0.0256. The normalized spacial score (nSPS) is 12.5. The molecular weight excluding hydrogens is 620 g/mol. The fourth-order valence-corrected chi connectivity index (χ4v) is 6.65. The molecule has 2 amide bonds. The molecule has 6 N–H and O–H groups in total. The van der Waals surface area contributed by atoms with Gasteiger partial charge in [-0.05, 0) is 80.8 Å². The highest BCUT2D eigenvalue weighted by molar-refractivity contribution is 6.38. The van der Waals surface area contributed by atoms with E-state index in [9.17, 15) is 29.4 Å². The highest BCUT2D eigenvalue weighted by Crippen LogP contribution is 2.44. The van der Waals surface area contributed by atoms with Crippen LogP contribution in [-0.2, 0) is 0 Å². The van der Waals surface area contributed by atoms with Crippen molar-refractivity contribution in [3.05, 3.63) is 144 Å². The van der Waals surface area contributed by atoms with Crippen molar-refractivity contribution >= 4 is 78.2 Å². The first-order chi connectivity index (χ1) is 23.7. The molecular formula is C39H28N4O6. The van der Waals surface area contributed by atoms with Crippen LogP contribution in [0.2, 0.25) is 0 Å². The Bertz CT molecular complexity index is 2210. The van der Waals surface area contributed by atoms with Crippen molar-refractivity contribution in [2.75, 3.05) is 16.5 Å². The number of anilines is 2. The highest BCUT2D eigenvalue weighted by Gasteiger charge is 2.24. The zero-order valence-corrected chi connectivity index (χ0v) is 25.8. The number of hydrogen-bond donors (Lipinski definition) is 4. The Balaban J connectivity index is 0.000000186. The van der Waals surface area contributed by atoms with Crippen molar-refractivity contribution in [1.29, 1.82) is 0 Å². The van der Waals surface area contributed by atoms with Gasteiger partial charge in [0.2, 0.25) is 11.8 Å². The van der Waals surface area contributed by atoms with E-state index in [1.54, 1.807) is 24.3 Å². The number of hydrogen-bond acceptors (Lipinski definition) is 6. The van der Waals surface area contributed by atoms with Gasteiger partial charge in [-0.1, -0.05) is 60.7 Å². The molecule has 240 valence electrons. The molecule has 8 rings (SSSR count). The van der Waals surface area contributed by atoms with Gasteiger partial charge in [-0.2, -0.15) is 0 Å². The van der Waals surface area contributed by atoms with Crippen LogP contribution in [0.3, 0.4) is 0 Å². The van der Waals surface area contributed by atoms with Crippen LogP contribution in [0.5, 0.6) is 0 Å². The Labute approximate surface area is 279 Å². The first-order valence-electron chi connectivity index (χ1n) is 15.2. The summed E-state index contributed by atoms with van der Waals surface area (Å²) >= 11 is 0. The number of carboxylic acids is 2. The molecule has 10 heteroatoms. The first-order valence-corrected chi connectivity index (χ1v) is 15.2. The molecule has 0 bridgehead atoms. The molecule has 0 saturated carbocycles. The molecule has 0 saturated heterocycles. The zero-order valence-electron chi connectivity index (χ0n) is 25.8. The van der Waals surface area contributed by atoms with E-state index < -0.39 is 23.8 Å². The lowest BCUT2D eigenvalue weighted by atomic mass is 9.84. The molecule has 1 aliphatic heterocycles. The minimum atomic E-state index is -1.25. The van der Waals surface area contributed by atoms with Crippen LogP contribution < -0.4 is 21.3 Å². The van der Waals surface area contributed by atoms with Gasteiger partial charge in [0, 0.05) is 45.7 Å². The minimum absolute atomic E-state index is 0.108. The van der Waals surface area contributed by atoms with E-state index >= 15 is 0 Å². The molecule has 7 aromatic rings. The smallest absolute Gasteiger partial charge is 0.336 e. The topological polar surface area (TPSA) is 167 Å². The summed E-state index contributed by atoms with van der Waals surface area (Å²) in [4.78, 5) is 52.5. The molecule has 0 radical (unpaired) electrons. The molecule has 49 heavy (non-hydrogen) atoms. The van der Waals surface area contributed by atoms with Gasteiger partial charge in [-0.3, -0.25) is 9.59 Å². The summed E-state index contributed by atoms with van der Waals surface area (Å²) in [7, 11) is 0. The van der Waals surface area contributed by atoms with Crippen LogP contribution in [0.4, 0.5) is 11.4 Å². The number of aromatic carboxylic acids is 2. The molecule has 7 aromatic carbocycles. The maximum atomic E-state index is 12.1. The second kappa shape index (κ2) is 12.0. The number of fused-ring (bicyclic) bond motifs is 2. The largest absolute Gasteiger partial charge is 0.478 e. The standard InChI is InChI=1S/C24H14N2O6.C15H14N2/c25-21(27)13-5-1-9-11-3-7-15(23(29)30)20-16(24(31)32)8-4-12(18(11)20)10-2-6-14(22(26)28)19(13)17(9)10;1-3-7-14(8-4-1)16-11-12-17(13-16)15-9-5-2-6-10-15/h1-8H,(H2,25,27)(H2,26,28)(H,29,30)(H,31,32);1-12H,13H2. The van der Waals surface area contributed by atoms with Crippen LogP contribution in [0.1, 0.15) is 41.4 Å². The summed E-state index contributed by atoms with van der Waals surface area (Å²) in [5.41, 5.74) is 13.6. The maximum Gasteiger partial charge on any atom is 0.336 e. The van der Waals surface area contributed by atoms with Crippen molar-refractivity contribution in [1.82, 2.24) is 0 Å². The number of carbonyl (C=O) groups excluding carboxylic acids is 2. The fourth-order valence-electron chi connectivity index (χ4n) is 6.65. The van der Waals surface area contributed by atoms with Crippen molar-refractivity contribution in [2.24, 2.45) is 11.5 Å². The third-order valence-electron chi connectivity index (χ3n) is 8.80. The summed E-state index contributed by atoms with van der Waals surface area (Å²) in [6.45, 7) is 0.869. The predicted molar refractivity (Wildman–Crippen MR) is 190 cm³/mol. The number of rotatable bonds is 6. The van der Waals surface area contributed by atoms with E-state index in [-0.39, 0.29) is 27.6 Å². The molecule has 0 fully saturated rings. The molecule has 0 aliphatic carbocycles. The van der Waals surface area contributed by atoms with Gasteiger partial charge in [-0.25, -0.2) is 9.59 Å². The molecule has 1 heterocycles. The van der Waals surface area contributed by atoms with Crippen molar-refractivity contribution in [3.63, 3.8) is 0 Å². The Hall–Kier alpha value is -6.94. The van der Waals surface area contributed by atoms with Crippen LogP contribution in [0.25, 0.3) is 43.1 Å². The zero-order chi connectivity index (χ0) is 34.4. The van der Waals surface area contributed by atoms with E-state index in [0.717, 1.165) is 6.67 Å². The number of carboxylic acid groups (broad SMARTS) is 2. The van der Waals surface area contributed by atoms with E-state index in [1.165, 1.54) is 35.6 Å². The first kappa shape index (κ1) is 30.7. The summed E-state index contributed by atoms with van der Waals surface area (Å²) in [5, 5.41) is 23.3. The molecule has 0 aromatic heterocycles. The van der Waals surface area contributed by atoms with E-state index in [1.807, 2.05) is 12.1 Å². The molecule has 1 aliphatic rings. The second-order valence-electron chi connectivity index (χ2n) is 11.5. The number of carbonyl (C=O) groups is 4. The van der Waals surface area contributed by atoms with E-state index in [0.29, 0.717) is 37.7 Å². The summed E-state index contributed by atoms with van der Waals surface area (Å²) < 4.78 is 0. The number of nitrogens with zero attached hydrogens (tertiary/aromatic N) is 2. The van der Waals surface area contributed by atoms with Gasteiger partial charge in [-0.15, -0.1) is 0 Å². The lowest BCUT2D eigenvalue weighted by molar-refractivity contribution is 0.0695. The third kappa shape index (κ3) is 5.17. The number of primary amides is 2. The predicted octanol–water partition coefficient (Wildman–Crippen LogP) is 6.77. The van der Waals surface area contributed by atoms with Crippen molar-refractivity contribution in [3.8, 4) is 0 Å². The minimum Gasteiger partial charge on any atom is -0.478 e. The van der Waals surface area contributed by atoms with Gasteiger partial charge in [0.25, 0.3) is 0 Å². The summed E-state index contributed by atoms with van der Waals surface area (Å²) in [5.74, 6) is -3.95. The van der Waals surface area contributed by atoms with Crippen molar-refractivity contribution in [2.45, 2.75) is 0 Å².